The number of rotatable bonds is 4. The van der Waals surface area contributed by atoms with Crippen LogP contribution in [-0.2, 0) is 9.47 Å². The third-order valence-electron chi connectivity index (χ3n) is 5.46. The fourth-order valence-electron chi connectivity index (χ4n) is 4.10. The summed E-state index contributed by atoms with van der Waals surface area (Å²) >= 11 is 0. The Morgan fingerprint density at radius 3 is 2.88 bits per heavy atom. The maximum atomic E-state index is 12.6. The van der Waals surface area contributed by atoms with Gasteiger partial charge in [-0.25, -0.2) is 0 Å². The van der Waals surface area contributed by atoms with Crippen LogP contribution in [0.15, 0.2) is 47.1 Å². The van der Waals surface area contributed by atoms with Gasteiger partial charge < -0.3 is 23.5 Å². The molecule has 3 heterocycles. The normalized spacial score (nSPS) is 28.0. The minimum Gasteiger partial charge on any atom is -0.497 e. The number of carbonyl (C=O) groups is 1. The van der Waals surface area contributed by atoms with Gasteiger partial charge in [0.05, 0.1) is 33.1 Å². The van der Waals surface area contributed by atoms with E-state index in [0.29, 0.717) is 25.5 Å². The van der Waals surface area contributed by atoms with Crippen LogP contribution in [0, 0.1) is 0 Å². The zero-order valence-electron chi connectivity index (χ0n) is 15.0. The summed E-state index contributed by atoms with van der Waals surface area (Å²) in [5.41, 5.74) is 0.706. The molecule has 3 atom stereocenters. The molecule has 2 aromatic rings. The summed E-state index contributed by atoms with van der Waals surface area (Å²) in [5, 5.41) is 0. The van der Waals surface area contributed by atoms with Crippen LogP contribution >= 0.6 is 0 Å². The number of likely N-dealkylation sites (tertiary alicyclic amines) is 1. The third kappa shape index (κ3) is 2.89. The van der Waals surface area contributed by atoms with E-state index in [4.69, 9.17) is 18.6 Å². The second kappa shape index (κ2) is 6.78. The molecular formula is C20H23NO5. The van der Waals surface area contributed by atoms with E-state index in [1.54, 1.807) is 31.3 Å². The Morgan fingerprint density at radius 1 is 1.27 bits per heavy atom. The summed E-state index contributed by atoms with van der Waals surface area (Å²) in [4.78, 5) is 14.4. The lowest BCUT2D eigenvalue weighted by Gasteiger charge is -2.28. The average molecular weight is 357 g/mol. The number of amides is 1. The van der Waals surface area contributed by atoms with Gasteiger partial charge in [-0.2, -0.15) is 0 Å². The molecule has 0 unspecified atom stereocenters. The van der Waals surface area contributed by atoms with Gasteiger partial charge in [-0.1, -0.05) is 12.1 Å². The van der Waals surface area contributed by atoms with Gasteiger partial charge in [0.2, 0.25) is 0 Å². The molecular weight excluding hydrogens is 334 g/mol. The van der Waals surface area contributed by atoms with E-state index in [9.17, 15) is 4.79 Å². The lowest BCUT2D eigenvalue weighted by atomic mass is 9.87. The van der Waals surface area contributed by atoms with Crippen molar-refractivity contribution >= 4 is 5.91 Å². The van der Waals surface area contributed by atoms with Crippen LogP contribution < -0.4 is 4.74 Å². The fraction of sp³-hybridized carbons (Fsp3) is 0.450. The average Bonchev–Trinajstić information content (AvgIpc) is 3.42. The van der Waals surface area contributed by atoms with Gasteiger partial charge in [-0.3, -0.25) is 4.79 Å². The number of carbonyl (C=O) groups excluding carboxylic acids is 1. The predicted octanol–water partition coefficient (Wildman–Crippen LogP) is 2.70. The van der Waals surface area contributed by atoms with Crippen LogP contribution in [0.3, 0.4) is 0 Å². The van der Waals surface area contributed by atoms with Gasteiger partial charge in [0.25, 0.3) is 5.91 Å². The number of hydrogen-bond donors (Lipinski definition) is 0. The minimum absolute atomic E-state index is 0.123. The van der Waals surface area contributed by atoms with Crippen molar-refractivity contribution in [3.05, 3.63) is 54.0 Å². The molecule has 4 rings (SSSR count). The molecule has 2 aliphatic rings. The predicted molar refractivity (Wildman–Crippen MR) is 94.4 cm³/mol. The highest BCUT2D eigenvalue weighted by Crippen LogP contribution is 2.44. The van der Waals surface area contributed by atoms with Gasteiger partial charge in [0.15, 0.2) is 5.76 Å². The van der Waals surface area contributed by atoms with Crippen molar-refractivity contribution in [1.29, 1.82) is 0 Å². The molecule has 2 saturated heterocycles. The molecule has 1 aromatic heterocycles. The third-order valence-corrected chi connectivity index (χ3v) is 5.46. The topological polar surface area (TPSA) is 61.1 Å². The zero-order valence-corrected chi connectivity index (χ0v) is 15.0. The van der Waals surface area contributed by atoms with Crippen LogP contribution in [0.2, 0.25) is 0 Å². The number of benzene rings is 1. The van der Waals surface area contributed by atoms with E-state index >= 15 is 0 Å². The largest absolute Gasteiger partial charge is 0.497 e. The highest BCUT2D eigenvalue weighted by Gasteiger charge is 2.54. The van der Waals surface area contributed by atoms with Gasteiger partial charge >= 0.3 is 0 Å². The standard InChI is InChI=1S/C20H23NO5/c1-23-16-6-3-5-14(9-16)15-10-20(26-12-15)13-21(11-18(20)24-2)19(22)17-7-4-8-25-17/h3-9,15,18H,10-13H2,1-2H3/t15-,18-,20-/m1/s1. The van der Waals surface area contributed by atoms with Gasteiger partial charge in [-0.05, 0) is 36.2 Å². The molecule has 6 heteroatoms. The van der Waals surface area contributed by atoms with Crippen molar-refractivity contribution in [1.82, 2.24) is 4.90 Å². The summed E-state index contributed by atoms with van der Waals surface area (Å²) in [6.45, 7) is 1.61. The summed E-state index contributed by atoms with van der Waals surface area (Å²) in [5.74, 6) is 1.32. The maximum Gasteiger partial charge on any atom is 0.289 e. The molecule has 1 spiro atoms. The quantitative estimate of drug-likeness (QED) is 0.842. The Kier molecular flexibility index (Phi) is 4.46. The van der Waals surface area contributed by atoms with E-state index in [-0.39, 0.29) is 17.9 Å². The van der Waals surface area contributed by atoms with Gasteiger partial charge in [0.1, 0.15) is 17.5 Å². The second-order valence-electron chi connectivity index (χ2n) is 6.94. The van der Waals surface area contributed by atoms with Crippen LogP contribution in [0.5, 0.6) is 5.75 Å². The first kappa shape index (κ1) is 17.1. The number of hydrogen-bond acceptors (Lipinski definition) is 5. The van der Waals surface area contributed by atoms with E-state index in [1.165, 1.54) is 11.8 Å². The molecule has 138 valence electrons. The molecule has 2 aliphatic heterocycles. The summed E-state index contributed by atoms with van der Waals surface area (Å²) in [7, 11) is 3.34. The summed E-state index contributed by atoms with van der Waals surface area (Å²) in [6.07, 6.45) is 2.16. The van der Waals surface area contributed by atoms with Gasteiger partial charge in [-0.15, -0.1) is 0 Å². The monoisotopic (exact) mass is 357 g/mol. The first-order valence-corrected chi connectivity index (χ1v) is 8.79. The van der Waals surface area contributed by atoms with Crippen LogP contribution in [-0.4, -0.2) is 56.4 Å². The van der Waals surface area contributed by atoms with Crippen molar-refractivity contribution in [3.63, 3.8) is 0 Å². The number of methoxy groups -OCH3 is 2. The number of nitrogens with zero attached hydrogens (tertiary/aromatic N) is 1. The molecule has 1 aromatic carbocycles. The molecule has 0 saturated carbocycles. The Balaban J connectivity index is 1.53. The first-order valence-electron chi connectivity index (χ1n) is 8.79. The summed E-state index contributed by atoms with van der Waals surface area (Å²) < 4.78 is 22.5. The van der Waals surface area contributed by atoms with Crippen molar-refractivity contribution in [3.8, 4) is 5.75 Å². The Hall–Kier alpha value is -2.31. The lowest BCUT2D eigenvalue weighted by Crippen LogP contribution is -2.42. The molecule has 0 bridgehead atoms. The maximum absolute atomic E-state index is 12.6. The van der Waals surface area contributed by atoms with Crippen molar-refractivity contribution in [2.45, 2.75) is 24.0 Å². The molecule has 1 amide bonds. The van der Waals surface area contributed by atoms with Crippen LogP contribution in [0.25, 0.3) is 0 Å². The minimum atomic E-state index is -0.481. The van der Waals surface area contributed by atoms with Crippen molar-refractivity contribution in [2.75, 3.05) is 33.9 Å². The second-order valence-corrected chi connectivity index (χ2v) is 6.94. The van der Waals surface area contributed by atoms with Gasteiger partial charge in [0, 0.05) is 13.0 Å². The van der Waals surface area contributed by atoms with Crippen LogP contribution in [0.1, 0.15) is 28.5 Å². The Bertz CT molecular complexity index is 774. The van der Waals surface area contributed by atoms with E-state index in [0.717, 1.165) is 12.2 Å². The van der Waals surface area contributed by atoms with E-state index in [1.807, 2.05) is 12.1 Å². The zero-order chi connectivity index (χ0) is 18.1. The highest BCUT2D eigenvalue weighted by molar-refractivity contribution is 5.91. The smallest absolute Gasteiger partial charge is 0.289 e. The number of furan rings is 1. The SMILES string of the molecule is COc1cccc([C@H]2CO[C@]3(C2)CN(C(=O)c2ccco2)C[C@H]3OC)c1. The van der Waals surface area contributed by atoms with Crippen LogP contribution in [0.4, 0.5) is 0 Å². The molecule has 0 aliphatic carbocycles. The molecule has 26 heavy (non-hydrogen) atoms. The molecule has 6 nitrogen and oxygen atoms in total. The molecule has 0 N–H and O–H groups in total. The number of ether oxygens (including phenoxy) is 3. The van der Waals surface area contributed by atoms with Crippen molar-refractivity contribution < 1.29 is 23.4 Å². The Morgan fingerprint density at radius 2 is 2.15 bits per heavy atom. The van der Waals surface area contributed by atoms with E-state index in [2.05, 4.69) is 12.1 Å². The van der Waals surface area contributed by atoms with Crippen molar-refractivity contribution in [2.24, 2.45) is 0 Å². The molecule has 2 fully saturated rings. The highest BCUT2D eigenvalue weighted by atomic mass is 16.6. The summed E-state index contributed by atoms with van der Waals surface area (Å²) in [6, 6.07) is 11.5. The lowest BCUT2D eigenvalue weighted by molar-refractivity contribution is -0.0755. The first-order chi connectivity index (χ1) is 12.6. The Labute approximate surface area is 152 Å². The fourth-order valence-corrected chi connectivity index (χ4v) is 4.10. The molecule has 0 radical (unpaired) electrons. The van der Waals surface area contributed by atoms with E-state index < -0.39 is 5.60 Å².